The van der Waals surface area contributed by atoms with E-state index in [2.05, 4.69) is 30.9 Å². The third-order valence-corrected chi connectivity index (χ3v) is 13.2. The summed E-state index contributed by atoms with van der Waals surface area (Å²) in [5.41, 5.74) is 10.5. The number of rotatable bonds is 17. The van der Waals surface area contributed by atoms with E-state index < -0.39 is 78.6 Å². The molecular weight excluding hydrogens is 906 g/mol. The average Bonchev–Trinajstić information content (AvgIpc) is 4.09. The molecule has 21 heteroatoms. The Bertz CT molecular complexity index is 2570. The molecule has 5 heterocycles. The number of benzene rings is 2. The number of nitrogens with one attached hydrogen (secondary N) is 3. The van der Waals surface area contributed by atoms with Crippen molar-refractivity contribution in [2.24, 2.45) is 5.41 Å². The first kappa shape index (κ1) is 49.2. The van der Waals surface area contributed by atoms with Gasteiger partial charge >= 0.3 is 0 Å². The molecule has 0 unspecified atom stereocenters. The van der Waals surface area contributed by atoms with E-state index in [1.165, 1.54) is 34.0 Å². The third kappa shape index (κ3) is 11.3. The van der Waals surface area contributed by atoms with Crippen molar-refractivity contribution >= 4 is 63.4 Å². The molecule has 358 valence electrons. The van der Waals surface area contributed by atoms with E-state index in [0.29, 0.717) is 23.9 Å². The van der Waals surface area contributed by atoms with Gasteiger partial charge in [0.1, 0.15) is 60.0 Å². The number of fused-ring (bicyclic) bond motifs is 1. The number of likely N-dealkylation sites (tertiary alicyclic amines) is 1. The molecule has 9 N–H and O–H groups in total. The summed E-state index contributed by atoms with van der Waals surface area (Å²) in [4.78, 5) is 68.3. The van der Waals surface area contributed by atoms with Crippen molar-refractivity contribution in [1.82, 2.24) is 40.4 Å². The number of carbonyl (C=O) groups excluding carboxylic acids is 4. The number of hydrogen-bond acceptors (Lipinski definition) is 15. The molecule has 7 rings (SSSR count). The fourth-order valence-electron chi connectivity index (χ4n) is 8.22. The summed E-state index contributed by atoms with van der Waals surface area (Å²) >= 11 is 7.91. The van der Waals surface area contributed by atoms with Crippen molar-refractivity contribution in [2.45, 2.75) is 109 Å². The van der Waals surface area contributed by atoms with E-state index in [9.17, 15) is 39.6 Å². The Labute approximate surface area is 395 Å². The Morgan fingerprint density at radius 1 is 1.00 bits per heavy atom. The fourth-order valence-corrected chi connectivity index (χ4v) is 9.21. The number of aryl methyl sites for hydroxylation is 1. The zero-order valence-corrected chi connectivity index (χ0v) is 39.0. The minimum Gasteiger partial charge on any atom is -0.482 e. The highest BCUT2D eigenvalue weighted by Gasteiger charge is 2.48. The van der Waals surface area contributed by atoms with Crippen molar-refractivity contribution in [3.05, 3.63) is 88.4 Å². The summed E-state index contributed by atoms with van der Waals surface area (Å²) in [5.74, 6) is -1.40. The van der Waals surface area contributed by atoms with Crippen LogP contribution in [0.25, 0.3) is 21.5 Å². The highest BCUT2D eigenvalue weighted by Crippen LogP contribution is 2.39. The minimum atomic E-state index is -1.49. The monoisotopic (exact) mass is 961 g/mol. The van der Waals surface area contributed by atoms with Crippen molar-refractivity contribution < 1.29 is 49.1 Å². The summed E-state index contributed by atoms with van der Waals surface area (Å²) in [6.07, 6.45) is -3.82. The summed E-state index contributed by atoms with van der Waals surface area (Å²) in [6, 6.07) is 11.9. The van der Waals surface area contributed by atoms with Gasteiger partial charge in [-0.1, -0.05) is 62.7 Å². The first-order chi connectivity index (χ1) is 31.9. The average molecular weight is 963 g/mol. The number of hydrogen-bond donors (Lipinski definition) is 8. The van der Waals surface area contributed by atoms with Crippen molar-refractivity contribution in [3.8, 4) is 16.2 Å². The van der Waals surface area contributed by atoms with Crippen LogP contribution in [0.5, 0.6) is 5.75 Å². The molecule has 0 bridgehead atoms. The third-order valence-electron chi connectivity index (χ3n) is 11.9. The normalized spacial score (nSPS) is 21.5. The predicted molar refractivity (Wildman–Crippen MR) is 248 cm³/mol. The fraction of sp³-hybridized carbons (Fsp3) is 0.457. The second-order valence-corrected chi connectivity index (χ2v) is 19.1. The number of aromatic nitrogens is 4. The standard InChI is InChI=1S/C46H56ClN9O10S/c1-24-39(67-23-53-24)26-10-8-25(9-11-26)19-50-43(63)31-18-28(57)20-56(31)44(64)40(46(2,3)4)54-33(58)7-5-6-15-49-34(59)21-65-32-17-27(12-13-30(32)47)35(60)38-36(61)37(62)45(66-38)55-16-14-29-41(48)51-22-52-42(29)55/h8-14,16-17,22-23,28,31,35-38,40,45,57,60-62H,5-7,15,18-21H2,1-4H3,(H,49,59)(H,50,63)(H,54,58)(H2,48,51,52)/t28-,31+,35+,36-,37+,38+,40-,45+/m0/s1. The number of amides is 4. The van der Waals surface area contributed by atoms with E-state index in [0.717, 1.165) is 21.7 Å². The van der Waals surface area contributed by atoms with Gasteiger partial charge in [-0.15, -0.1) is 11.3 Å². The lowest BCUT2D eigenvalue weighted by molar-refractivity contribution is -0.144. The molecule has 2 aliphatic heterocycles. The Hall–Kier alpha value is -5.74. The lowest BCUT2D eigenvalue weighted by Gasteiger charge is -2.35. The number of thiazole rings is 1. The smallest absolute Gasteiger partial charge is 0.257 e. The summed E-state index contributed by atoms with van der Waals surface area (Å²) < 4.78 is 13.1. The largest absolute Gasteiger partial charge is 0.482 e. The van der Waals surface area contributed by atoms with Gasteiger partial charge in [-0.05, 0) is 60.1 Å². The van der Waals surface area contributed by atoms with Gasteiger partial charge in [0.25, 0.3) is 5.91 Å². The lowest BCUT2D eigenvalue weighted by Crippen LogP contribution is -2.57. The molecule has 5 aromatic rings. The molecule has 2 aromatic carbocycles. The lowest BCUT2D eigenvalue weighted by atomic mass is 9.85. The van der Waals surface area contributed by atoms with Crippen LogP contribution in [-0.4, -0.2) is 125 Å². The summed E-state index contributed by atoms with van der Waals surface area (Å²) in [6.45, 7) is 7.38. The SMILES string of the molecule is Cc1ncsc1-c1ccc(CNC(=O)[C@H]2C[C@H](O)CN2C(=O)[C@H](NC(=O)CCCCNC(=O)COc2cc([C@@H](O)[C@H]3O[C@@H](n4ccc5c(N)ncnc54)[C@H](O)[C@@H]3O)ccc2Cl)C(C)(C)C)cc1. The topological polar surface area (TPSA) is 277 Å². The molecule has 2 saturated heterocycles. The number of β-amino-alcohol motifs (C(OH)–C–C–N with tert-alkyl or cyclic N) is 1. The summed E-state index contributed by atoms with van der Waals surface area (Å²) in [7, 11) is 0. The number of nitrogens with two attached hydrogens (primary N) is 1. The number of aliphatic hydroxyl groups is 4. The molecule has 0 saturated carbocycles. The maximum atomic E-state index is 14.0. The van der Waals surface area contributed by atoms with E-state index in [-0.39, 0.29) is 60.5 Å². The molecule has 0 aliphatic carbocycles. The minimum absolute atomic E-state index is 0.0446. The molecule has 2 fully saturated rings. The van der Waals surface area contributed by atoms with E-state index in [4.69, 9.17) is 26.8 Å². The number of carbonyl (C=O) groups is 4. The van der Waals surface area contributed by atoms with Crippen molar-refractivity contribution in [3.63, 3.8) is 0 Å². The van der Waals surface area contributed by atoms with Crippen LogP contribution >= 0.6 is 22.9 Å². The number of halogens is 1. The van der Waals surface area contributed by atoms with Gasteiger partial charge in [0, 0.05) is 38.7 Å². The molecule has 8 atom stereocenters. The Morgan fingerprint density at radius 2 is 1.76 bits per heavy atom. The predicted octanol–water partition coefficient (Wildman–Crippen LogP) is 2.93. The van der Waals surface area contributed by atoms with Crippen LogP contribution in [0.4, 0.5) is 5.82 Å². The first-order valence-corrected chi connectivity index (χ1v) is 23.2. The maximum absolute atomic E-state index is 14.0. The highest BCUT2D eigenvalue weighted by molar-refractivity contribution is 7.13. The van der Waals surface area contributed by atoms with E-state index >= 15 is 0 Å². The number of nitrogen functional groups attached to an aromatic ring is 1. The molecule has 3 aromatic heterocycles. The Morgan fingerprint density at radius 3 is 2.48 bits per heavy atom. The molecule has 0 spiro atoms. The van der Waals surface area contributed by atoms with Crippen LogP contribution in [0.3, 0.4) is 0 Å². The quantitative estimate of drug-likeness (QED) is 0.0623. The molecule has 4 amide bonds. The van der Waals surface area contributed by atoms with Crippen molar-refractivity contribution in [1.29, 1.82) is 0 Å². The van der Waals surface area contributed by atoms with Gasteiger partial charge in [-0.2, -0.15) is 0 Å². The summed E-state index contributed by atoms with van der Waals surface area (Å²) in [5, 5.41) is 52.8. The molecule has 2 aliphatic rings. The van der Waals surface area contributed by atoms with Crippen LogP contribution in [0.1, 0.15) is 75.6 Å². The van der Waals surface area contributed by atoms with Crippen LogP contribution < -0.4 is 26.4 Å². The number of anilines is 1. The Balaban J connectivity index is 0.845. The number of nitrogens with zero attached hydrogens (tertiary/aromatic N) is 5. The van der Waals surface area contributed by atoms with Gasteiger partial charge in [0.15, 0.2) is 12.8 Å². The number of unbranched alkanes of at least 4 members (excludes halogenated alkanes) is 1. The molecular formula is C46H56ClN9O10S. The van der Waals surface area contributed by atoms with Gasteiger partial charge in [0.05, 0.1) is 32.6 Å². The van der Waals surface area contributed by atoms with Gasteiger partial charge in [-0.25, -0.2) is 15.0 Å². The van der Waals surface area contributed by atoms with Crippen LogP contribution in [0.2, 0.25) is 5.02 Å². The number of ether oxygens (including phenoxy) is 2. The second kappa shape index (κ2) is 21.1. The van der Waals surface area contributed by atoms with Crippen molar-refractivity contribution in [2.75, 3.05) is 25.4 Å². The van der Waals surface area contributed by atoms with E-state index in [1.54, 1.807) is 29.1 Å². The molecule has 19 nitrogen and oxygen atoms in total. The van der Waals surface area contributed by atoms with Gasteiger partial charge < -0.3 is 61.1 Å². The van der Waals surface area contributed by atoms with Crippen LogP contribution in [-0.2, 0) is 30.5 Å². The molecule has 0 radical (unpaired) electrons. The zero-order chi connectivity index (χ0) is 48.2. The second-order valence-electron chi connectivity index (χ2n) is 17.9. The zero-order valence-electron chi connectivity index (χ0n) is 37.5. The van der Waals surface area contributed by atoms with Crippen LogP contribution in [0, 0.1) is 12.3 Å². The maximum Gasteiger partial charge on any atom is 0.257 e. The van der Waals surface area contributed by atoms with Gasteiger partial charge in [0.2, 0.25) is 17.7 Å². The number of aliphatic hydroxyl groups excluding tert-OH is 4. The van der Waals surface area contributed by atoms with Crippen LogP contribution in [0.15, 0.2) is 66.6 Å². The highest BCUT2D eigenvalue weighted by atomic mass is 35.5. The van der Waals surface area contributed by atoms with Gasteiger partial charge in [-0.3, -0.25) is 19.2 Å². The Kier molecular flexibility index (Phi) is 15.5. The first-order valence-electron chi connectivity index (χ1n) is 21.9. The molecule has 67 heavy (non-hydrogen) atoms. The van der Waals surface area contributed by atoms with E-state index in [1.807, 2.05) is 52.0 Å².